The van der Waals surface area contributed by atoms with Gasteiger partial charge in [-0.2, -0.15) is 26.3 Å². The molecule has 1 amide bonds. The number of hydrogen-bond acceptors (Lipinski definition) is 3. The second-order valence-corrected chi connectivity index (χ2v) is 7.79. The maximum atomic E-state index is 12.9. The minimum atomic E-state index is -4.70. The fraction of sp³-hybridized carbons (Fsp3) is 0.941. The molecule has 4 nitrogen and oxygen atoms in total. The number of nitrogens with two attached hydrogens (primary N) is 1. The van der Waals surface area contributed by atoms with Gasteiger partial charge in [0.2, 0.25) is 5.91 Å². The molecule has 1 aliphatic carbocycles. The van der Waals surface area contributed by atoms with Gasteiger partial charge < -0.3 is 15.8 Å². The Morgan fingerprint density at radius 2 is 1.52 bits per heavy atom. The number of carbonyl (C=O) groups is 1. The lowest BCUT2D eigenvalue weighted by molar-refractivity contribution is -0.237. The van der Waals surface area contributed by atoms with E-state index in [1.165, 1.54) is 0 Å². The number of carbonyl (C=O) groups excluding carboxylic acids is 1. The van der Waals surface area contributed by atoms with Gasteiger partial charge in [0.15, 0.2) is 0 Å². The highest BCUT2D eigenvalue weighted by molar-refractivity contribution is 5.81. The van der Waals surface area contributed by atoms with E-state index >= 15 is 0 Å². The molecule has 1 aliphatic rings. The Hall–Kier alpha value is -1.03. The molecule has 0 spiro atoms. The van der Waals surface area contributed by atoms with E-state index in [1.807, 2.05) is 13.8 Å². The molecule has 1 fully saturated rings. The number of rotatable bonds is 7. The van der Waals surface area contributed by atoms with Crippen LogP contribution in [0, 0.1) is 17.8 Å². The summed E-state index contributed by atoms with van der Waals surface area (Å²) in [5.41, 5.74) is 5.73. The third-order valence-corrected chi connectivity index (χ3v) is 4.62. The Morgan fingerprint density at radius 3 is 1.93 bits per heavy atom. The largest absolute Gasteiger partial charge is 0.391 e. The van der Waals surface area contributed by atoms with Crippen LogP contribution in [0.25, 0.3) is 0 Å². The van der Waals surface area contributed by atoms with E-state index in [1.54, 1.807) is 6.92 Å². The summed E-state index contributed by atoms with van der Waals surface area (Å²) in [7, 11) is 0. The van der Waals surface area contributed by atoms with Crippen LogP contribution < -0.4 is 11.1 Å². The molecule has 0 aromatic rings. The van der Waals surface area contributed by atoms with Gasteiger partial charge in [0.05, 0.1) is 30.6 Å². The van der Waals surface area contributed by atoms with Crippen molar-refractivity contribution in [2.75, 3.05) is 6.61 Å². The fourth-order valence-corrected chi connectivity index (χ4v) is 3.22. The van der Waals surface area contributed by atoms with Crippen LogP contribution in [-0.4, -0.2) is 43.1 Å². The van der Waals surface area contributed by atoms with Gasteiger partial charge in [-0.25, -0.2) is 0 Å². The highest BCUT2D eigenvalue weighted by Gasteiger charge is 2.52. The lowest BCUT2D eigenvalue weighted by Gasteiger charge is -2.37. The van der Waals surface area contributed by atoms with Crippen LogP contribution in [-0.2, 0) is 9.53 Å². The predicted octanol–water partition coefficient (Wildman–Crippen LogP) is 3.79. The first-order chi connectivity index (χ1) is 12.2. The number of alkyl halides is 6. The molecule has 3 N–H and O–H groups in total. The number of amides is 1. The van der Waals surface area contributed by atoms with Gasteiger partial charge in [-0.3, -0.25) is 4.79 Å². The lowest BCUT2D eigenvalue weighted by atomic mass is 9.79. The van der Waals surface area contributed by atoms with Gasteiger partial charge >= 0.3 is 12.4 Å². The molecule has 0 radical (unpaired) electrons. The normalized spacial score (nSPS) is 26.7. The average molecular weight is 406 g/mol. The van der Waals surface area contributed by atoms with Crippen molar-refractivity contribution in [3.63, 3.8) is 0 Å². The van der Waals surface area contributed by atoms with Crippen molar-refractivity contribution in [3.05, 3.63) is 0 Å². The zero-order chi connectivity index (χ0) is 21.0. The molecule has 1 saturated carbocycles. The monoisotopic (exact) mass is 406 g/mol. The Bertz CT molecular complexity index is 459. The van der Waals surface area contributed by atoms with Gasteiger partial charge in [0, 0.05) is 6.04 Å². The van der Waals surface area contributed by atoms with Gasteiger partial charge in [-0.05, 0) is 38.5 Å². The third-order valence-electron chi connectivity index (χ3n) is 4.62. The van der Waals surface area contributed by atoms with Crippen molar-refractivity contribution in [1.29, 1.82) is 0 Å². The standard InChI is InChI=1S/C17H28F6N2O2/c1-9(2)4-14(24)15(26)25-10(3)8-27-13-6-11(16(18,19)20)5-12(7-13)17(21,22)23/h9-14H,4-8,24H2,1-3H3,(H,25,26)/t10?,11?,12?,13?,14-/m1/s1. The van der Waals surface area contributed by atoms with Crippen LogP contribution >= 0.6 is 0 Å². The molecule has 0 aliphatic heterocycles. The summed E-state index contributed by atoms with van der Waals surface area (Å²) in [5.74, 6) is -4.32. The molecule has 0 bridgehead atoms. The molecule has 4 atom stereocenters. The van der Waals surface area contributed by atoms with Gasteiger partial charge in [0.25, 0.3) is 0 Å². The minimum Gasteiger partial charge on any atom is -0.376 e. The molecule has 10 heteroatoms. The second kappa shape index (κ2) is 9.45. The number of ether oxygens (including phenoxy) is 1. The summed E-state index contributed by atoms with van der Waals surface area (Å²) < 4.78 is 83.0. The van der Waals surface area contributed by atoms with Crippen LogP contribution in [0.15, 0.2) is 0 Å². The SMILES string of the molecule is CC(C)C[C@@H](N)C(=O)NC(C)COC1CC(C(F)(F)F)CC(C(F)(F)F)C1. The van der Waals surface area contributed by atoms with E-state index in [4.69, 9.17) is 10.5 Å². The summed E-state index contributed by atoms with van der Waals surface area (Å²) in [6.07, 6.45) is -12.1. The van der Waals surface area contributed by atoms with Gasteiger partial charge in [-0.15, -0.1) is 0 Å². The molecule has 0 saturated heterocycles. The number of hydrogen-bond donors (Lipinski definition) is 2. The summed E-state index contributed by atoms with van der Waals surface area (Å²) >= 11 is 0. The Labute approximate surface area is 155 Å². The van der Waals surface area contributed by atoms with Crippen molar-refractivity contribution in [3.8, 4) is 0 Å². The Balaban J connectivity index is 2.59. The molecule has 160 valence electrons. The predicted molar refractivity (Wildman–Crippen MR) is 87.7 cm³/mol. The van der Waals surface area contributed by atoms with Crippen LogP contribution in [0.4, 0.5) is 26.3 Å². The van der Waals surface area contributed by atoms with E-state index in [-0.39, 0.29) is 12.5 Å². The van der Waals surface area contributed by atoms with Crippen molar-refractivity contribution >= 4 is 5.91 Å². The van der Waals surface area contributed by atoms with Gasteiger partial charge in [0.1, 0.15) is 0 Å². The van der Waals surface area contributed by atoms with Crippen molar-refractivity contribution in [1.82, 2.24) is 5.32 Å². The second-order valence-electron chi connectivity index (χ2n) is 7.79. The molecule has 0 aromatic carbocycles. The molecular weight excluding hydrogens is 378 g/mol. The van der Waals surface area contributed by atoms with E-state index in [0.29, 0.717) is 6.42 Å². The topological polar surface area (TPSA) is 64.4 Å². The van der Waals surface area contributed by atoms with Crippen LogP contribution in [0.5, 0.6) is 0 Å². The zero-order valence-corrected chi connectivity index (χ0v) is 15.7. The first-order valence-electron chi connectivity index (χ1n) is 9.01. The number of nitrogens with one attached hydrogen (secondary N) is 1. The maximum Gasteiger partial charge on any atom is 0.391 e. The van der Waals surface area contributed by atoms with E-state index in [0.717, 1.165) is 0 Å². The highest BCUT2D eigenvalue weighted by atomic mass is 19.4. The van der Waals surface area contributed by atoms with Crippen LogP contribution in [0.3, 0.4) is 0 Å². The van der Waals surface area contributed by atoms with E-state index in [9.17, 15) is 31.1 Å². The van der Waals surface area contributed by atoms with Crippen molar-refractivity contribution < 1.29 is 35.9 Å². The summed E-state index contributed by atoms with van der Waals surface area (Å²) in [5, 5.41) is 2.57. The quantitative estimate of drug-likeness (QED) is 0.633. The Morgan fingerprint density at radius 1 is 1.04 bits per heavy atom. The van der Waals surface area contributed by atoms with E-state index in [2.05, 4.69) is 5.32 Å². The highest BCUT2D eigenvalue weighted by Crippen LogP contribution is 2.46. The first-order valence-corrected chi connectivity index (χ1v) is 9.01. The molecule has 0 heterocycles. The number of halogens is 6. The van der Waals surface area contributed by atoms with E-state index < -0.39 is 67.5 Å². The lowest BCUT2D eigenvalue weighted by Crippen LogP contribution is -2.47. The van der Waals surface area contributed by atoms with Crippen LogP contribution in [0.1, 0.15) is 46.5 Å². The first kappa shape index (κ1) is 24.0. The zero-order valence-electron chi connectivity index (χ0n) is 15.7. The van der Waals surface area contributed by atoms with Crippen molar-refractivity contribution in [2.45, 2.75) is 77.0 Å². The maximum absolute atomic E-state index is 12.9. The Kier molecular flexibility index (Phi) is 8.40. The third kappa shape index (κ3) is 8.25. The minimum absolute atomic E-state index is 0.181. The smallest absolute Gasteiger partial charge is 0.376 e. The molecule has 27 heavy (non-hydrogen) atoms. The van der Waals surface area contributed by atoms with Crippen LogP contribution in [0.2, 0.25) is 0 Å². The molecule has 3 unspecified atom stereocenters. The fourth-order valence-electron chi connectivity index (χ4n) is 3.22. The summed E-state index contributed by atoms with van der Waals surface area (Å²) in [4.78, 5) is 11.9. The summed E-state index contributed by atoms with van der Waals surface area (Å²) in [6.45, 7) is 5.18. The average Bonchev–Trinajstić information content (AvgIpc) is 2.50. The van der Waals surface area contributed by atoms with Gasteiger partial charge in [-0.1, -0.05) is 13.8 Å². The van der Waals surface area contributed by atoms with Crippen molar-refractivity contribution in [2.24, 2.45) is 23.5 Å². The molecule has 0 aromatic heterocycles. The molecular formula is C17H28F6N2O2. The summed E-state index contributed by atoms with van der Waals surface area (Å²) in [6, 6.07) is -1.31. The molecule has 1 rings (SSSR count).